The molecule has 5 N–H and O–H groups in total. The summed E-state index contributed by atoms with van der Waals surface area (Å²) < 4.78 is 11.9. The number of dihydropyridines is 1. The molecule has 3 atom stereocenters. The van der Waals surface area contributed by atoms with Crippen molar-refractivity contribution in [3.8, 4) is 0 Å². The highest BCUT2D eigenvalue weighted by atomic mass is 16.7. The number of hydrogen-bond donors (Lipinski definition) is 4. The summed E-state index contributed by atoms with van der Waals surface area (Å²) in [6, 6.07) is 6.41. The standard InChI is InChI=1S/C32H42N2O7/c1-3-4-5-9-24(10-8-17-35)40-30(39)32-29(38)26-12-7-6-11-25(26)28(37)31(32,41-32)19-23(20-36)21(2)13-14-22-15-16-34-27(33)18-22/h6-7,11-12,15,18,24,34-36H,3-5,8-10,13-14,16-17,19-20,33H2,1-2H3. The number of hydrogen-bond acceptors (Lipinski definition) is 9. The van der Waals surface area contributed by atoms with Gasteiger partial charge in [-0.25, -0.2) is 4.79 Å². The van der Waals surface area contributed by atoms with Crippen LogP contribution in [0.25, 0.3) is 0 Å². The van der Waals surface area contributed by atoms with Crippen LogP contribution in [0.5, 0.6) is 0 Å². The number of allylic oxidation sites excluding steroid dienone is 3. The smallest absolute Gasteiger partial charge is 0.350 e. The van der Waals surface area contributed by atoms with E-state index >= 15 is 0 Å². The predicted molar refractivity (Wildman–Crippen MR) is 154 cm³/mol. The van der Waals surface area contributed by atoms with Crippen LogP contribution in [-0.2, 0) is 14.3 Å². The van der Waals surface area contributed by atoms with Gasteiger partial charge in [0.15, 0.2) is 11.4 Å². The maximum atomic E-state index is 14.0. The second kappa shape index (κ2) is 13.1. The third-order valence-electron chi connectivity index (χ3n) is 8.39. The fraction of sp³-hybridized carbons (Fsp3) is 0.531. The number of benzene rings is 1. The van der Waals surface area contributed by atoms with Gasteiger partial charge in [-0.1, -0.05) is 55.7 Å². The van der Waals surface area contributed by atoms with E-state index in [-0.39, 0.29) is 30.8 Å². The molecule has 1 aromatic carbocycles. The first-order valence-corrected chi connectivity index (χ1v) is 14.6. The van der Waals surface area contributed by atoms with E-state index in [1.165, 1.54) is 6.07 Å². The van der Waals surface area contributed by atoms with Crippen molar-refractivity contribution in [2.45, 2.75) is 88.9 Å². The Labute approximate surface area is 241 Å². The lowest BCUT2D eigenvalue weighted by Gasteiger charge is -2.27. The highest BCUT2D eigenvalue weighted by Gasteiger charge is 2.85. The summed E-state index contributed by atoms with van der Waals surface area (Å²) in [5.74, 6) is -1.34. The van der Waals surface area contributed by atoms with Gasteiger partial charge in [0.05, 0.1) is 12.4 Å². The number of carbonyl (C=O) groups excluding carboxylic acids is 3. The summed E-state index contributed by atoms with van der Waals surface area (Å²) in [5, 5.41) is 22.8. The molecule has 9 heteroatoms. The fourth-order valence-electron chi connectivity index (χ4n) is 5.87. The van der Waals surface area contributed by atoms with Crippen LogP contribution >= 0.6 is 0 Å². The maximum Gasteiger partial charge on any atom is 0.350 e. The van der Waals surface area contributed by atoms with Crippen molar-refractivity contribution in [1.29, 1.82) is 0 Å². The Morgan fingerprint density at radius 3 is 2.49 bits per heavy atom. The Morgan fingerprint density at radius 1 is 1.12 bits per heavy atom. The number of epoxide rings is 1. The third kappa shape index (κ3) is 6.03. The molecule has 41 heavy (non-hydrogen) atoms. The maximum absolute atomic E-state index is 14.0. The number of rotatable bonds is 15. The van der Waals surface area contributed by atoms with Crippen molar-refractivity contribution in [3.05, 3.63) is 70.1 Å². The van der Waals surface area contributed by atoms with Crippen LogP contribution in [0.15, 0.2) is 59.0 Å². The molecule has 0 radical (unpaired) electrons. The Hall–Kier alpha value is -3.27. The molecule has 3 unspecified atom stereocenters. The van der Waals surface area contributed by atoms with Crippen molar-refractivity contribution < 1.29 is 34.1 Å². The summed E-state index contributed by atoms with van der Waals surface area (Å²) in [6.45, 7) is 4.20. The molecule has 4 rings (SSSR count). The van der Waals surface area contributed by atoms with E-state index in [4.69, 9.17) is 15.2 Å². The van der Waals surface area contributed by atoms with Crippen LogP contribution in [0.4, 0.5) is 0 Å². The molecule has 0 spiro atoms. The number of aliphatic hydroxyl groups is 2. The minimum absolute atomic E-state index is 0.0437. The molecule has 2 aliphatic heterocycles. The van der Waals surface area contributed by atoms with Crippen LogP contribution in [0.2, 0.25) is 0 Å². The normalized spacial score (nSPS) is 24.3. The molecule has 0 bridgehead atoms. The summed E-state index contributed by atoms with van der Waals surface area (Å²) in [7, 11) is 0. The SMILES string of the molecule is CCCCCC(CCCO)OC(=O)C12OC1(CC(CO)=C(C)CCC1=CCNC(N)=C1)C(=O)c1ccccc1C2=O. The van der Waals surface area contributed by atoms with Crippen molar-refractivity contribution >= 4 is 17.5 Å². The number of fused-ring (bicyclic) bond motifs is 2. The molecule has 2 heterocycles. The molecule has 0 saturated carbocycles. The molecule has 9 nitrogen and oxygen atoms in total. The average molecular weight is 567 g/mol. The van der Waals surface area contributed by atoms with Crippen molar-refractivity contribution in [1.82, 2.24) is 5.32 Å². The van der Waals surface area contributed by atoms with Crippen molar-refractivity contribution in [3.63, 3.8) is 0 Å². The highest BCUT2D eigenvalue weighted by molar-refractivity contribution is 6.32. The Balaban J connectivity index is 1.64. The van der Waals surface area contributed by atoms with Crippen LogP contribution in [0.1, 0.15) is 92.4 Å². The minimum Gasteiger partial charge on any atom is -0.460 e. The van der Waals surface area contributed by atoms with Crippen LogP contribution in [0, 0.1) is 0 Å². The molecule has 1 aromatic rings. The highest BCUT2D eigenvalue weighted by Crippen LogP contribution is 2.59. The molecule has 1 saturated heterocycles. The Bertz CT molecular complexity index is 1270. The summed E-state index contributed by atoms with van der Waals surface area (Å²) in [5.41, 5.74) is 4.80. The summed E-state index contributed by atoms with van der Waals surface area (Å²) in [6.07, 6.45) is 8.85. The van der Waals surface area contributed by atoms with Gasteiger partial charge in [0.2, 0.25) is 5.78 Å². The number of ketones is 2. The average Bonchev–Trinajstić information content (AvgIpc) is 3.68. The lowest BCUT2D eigenvalue weighted by atomic mass is 9.71. The molecule has 1 fully saturated rings. The van der Waals surface area contributed by atoms with Gasteiger partial charge in [-0.05, 0) is 62.7 Å². The number of aliphatic hydroxyl groups excluding tert-OH is 2. The van der Waals surface area contributed by atoms with E-state index in [1.54, 1.807) is 18.2 Å². The number of nitrogens with one attached hydrogen (secondary N) is 1. The first-order chi connectivity index (χ1) is 19.7. The zero-order valence-electron chi connectivity index (χ0n) is 24.0. The Morgan fingerprint density at radius 2 is 1.83 bits per heavy atom. The van der Waals surface area contributed by atoms with E-state index in [9.17, 15) is 24.6 Å². The molecule has 0 amide bonds. The third-order valence-corrected chi connectivity index (χ3v) is 8.39. The number of Topliss-reactive ketones (excluding diaryl/α,β-unsaturated/α-hetero) is 2. The summed E-state index contributed by atoms with van der Waals surface area (Å²) >= 11 is 0. The summed E-state index contributed by atoms with van der Waals surface area (Å²) in [4.78, 5) is 41.7. The van der Waals surface area contributed by atoms with Crippen LogP contribution in [0.3, 0.4) is 0 Å². The van der Waals surface area contributed by atoms with Gasteiger partial charge >= 0.3 is 5.97 Å². The number of carbonyl (C=O) groups is 3. The first kappa shape index (κ1) is 30.7. The fourth-order valence-corrected chi connectivity index (χ4v) is 5.87. The molecular formula is C32H42N2O7. The van der Waals surface area contributed by atoms with Gasteiger partial charge in [-0.3, -0.25) is 9.59 Å². The predicted octanol–water partition coefficient (Wildman–Crippen LogP) is 3.65. The lowest BCUT2D eigenvalue weighted by molar-refractivity contribution is -0.154. The molecule has 0 aromatic heterocycles. The quantitative estimate of drug-likeness (QED) is 0.0820. The number of esters is 1. The van der Waals surface area contributed by atoms with Gasteiger partial charge < -0.3 is 30.7 Å². The van der Waals surface area contributed by atoms with Gasteiger partial charge in [0.25, 0.3) is 5.60 Å². The molecule has 3 aliphatic rings. The topological polar surface area (TPSA) is 151 Å². The molecule has 222 valence electrons. The molecule has 1 aliphatic carbocycles. The largest absolute Gasteiger partial charge is 0.460 e. The zero-order valence-corrected chi connectivity index (χ0v) is 24.0. The first-order valence-electron chi connectivity index (χ1n) is 14.6. The lowest BCUT2D eigenvalue weighted by Crippen LogP contribution is -2.51. The van der Waals surface area contributed by atoms with Crippen molar-refractivity contribution in [2.24, 2.45) is 5.73 Å². The van der Waals surface area contributed by atoms with Gasteiger partial charge in [0.1, 0.15) is 6.10 Å². The van der Waals surface area contributed by atoms with Crippen LogP contribution < -0.4 is 11.1 Å². The number of nitrogens with two attached hydrogens (primary N) is 1. The van der Waals surface area contributed by atoms with E-state index in [1.807, 2.05) is 19.1 Å². The van der Waals surface area contributed by atoms with E-state index < -0.39 is 34.8 Å². The second-order valence-corrected chi connectivity index (χ2v) is 11.2. The van der Waals surface area contributed by atoms with Gasteiger partial charge in [0, 0.05) is 30.7 Å². The van der Waals surface area contributed by atoms with Gasteiger partial charge in [-0.2, -0.15) is 0 Å². The van der Waals surface area contributed by atoms with Crippen LogP contribution in [-0.4, -0.2) is 64.8 Å². The second-order valence-electron chi connectivity index (χ2n) is 11.2. The van der Waals surface area contributed by atoms with E-state index in [0.717, 1.165) is 30.4 Å². The Kier molecular flexibility index (Phi) is 9.84. The minimum atomic E-state index is -2.10. The zero-order chi connectivity index (χ0) is 29.6. The van der Waals surface area contributed by atoms with E-state index in [0.29, 0.717) is 50.0 Å². The van der Waals surface area contributed by atoms with Gasteiger partial charge in [-0.15, -0.1) is 0 Å². The molecular weight excluding hydrogens is 524 g/mol. The number of unbranched alkanes of at least 4 members (excludes halogenated alkanes) is 2. The monoisotopic (exact) mass is 566 g/mol. The number of ether oxygens (including phenoxy) is 2. The van der Waals surface area contributed by atoms with E-state index in [2.05, 4.69) is 12.2 Å². The van der Waals surface area contributed by atoms with Crippen molar-refractivity contribution in [2.75, 3.05) is 19.8 Å².